The minimum atomic E-state index is -3.68. The Morgan fingerprint density at radius 1 is 1.15 bits per heavy atom. The minimum Gasteiger partial charge on any atom is -0.508 e. The molecule has 2 aromatic rings. The molecule has 0 aromatic heterocycles. The summed E-state index contributed by atoms with van der Waals surface area (Å²) in [7, 11) is -3.68. The molecule has 0 radical (unpaired) electrons. The molecule has 0 heterocycles. The highest BCUT2D eigenvalue weighted by molar-refractivity contribution is 7.92. The van der Waals surface area contributed by atoms with Crippen molar-refractivity contribution >= 4 is 15.7 Å². The Labute approximate surface area is 117 Å². The fraction of sp³-hybridized carbons (Fsp3) is 0.143. The molecule has 0 aliphatic rings. The third kappa shape index (κ3) is 3.42. The number of benzene rings is 2. The Kier molecular flexibility index (Phi) is 4.14. The van der Waals surface area contributed by atoms with Gasteiger partial charge in [-0.05, 0) is 43.3 Å². The molecule has 0 bridgehead atoms. The van der Waals surface area contributed by atoms with E-state index in [1.165, 1.54) is 24.3 Å². The van der Waals surface area contributed by atoms with Crippen LogP contribution >= 0.6 is 0 Å². The number of hydrogen-bond donors (Lipinski definition) is 2. The zero-order valence-electron chi connectivity index (χ0n) is 10.9. The third-order valence-corrected chi connectivity index (χ3v) is 3.94. The molecule has 20 heavy (non-hydrogen) atoms. The maximum absolute atomic E-state index is 12.1. The van der Waals surface area contributed by atoms with Crippen LogP contribution in [0.5, 0.6) is 11.5 Å². The van der Waals surface area contributed by atoms with Crippen molar-refractivity contribution in [3.63, 3.8) is 0 Å². The highest BCUT2D eigenvalue weighted by Crippen LogP contribution is 2.21. The SMILES string of the molecule is CCOc1ccc(S(=O)(=O)Nc2cccc(O)c2)cc1. The predicted molar refractivity (Wildman–Crippen MR) is 76.5 cm³/mol. The molecular weight excluding hydrogens is 278 g/mol. The summed E-state index contributed by atoms with van der Waals surface area (Å²) in [4.78, 5) is 0.129. The van der Waals surface area contributed by atoms with Crippen LogP contribution in [0.3, 0.4) is 0 Å². The first kappa shape index (κ1) is 14.2. The zero-order valence-corrected chi connectivity index (χ0v) is 11.7. The van der Waals surface area contributed by atoms with Crippen molar-refractivity contribution in [1.82, 2.24) is 0 Å². The van der Waals surface area contributed by atoms with Gasteiger partial charge in [-0.25, -0.2) is 8.42 Å². The Morgan fingerprint density at radius 2 is 1.85 bits per heavy atom. The fourth-order valence-electron chi connectivity index (χ4n) is 1.67. The van der Waals surface area contributed by atoms with Gasteiger partial charge in [-0.2, -0.15) is 0 Å². The highest BCUT2D eigenvalue weighted by atomic mass is 32.2. The monoisotopic (exact) mass is 293 g/mol. The summed E-state index contributed by atoms with van der Waals surface area (Å²) in [5, 5.41) is 9.32. The second kappa shape index (κ2) is 5.83. The summed E-state index contributed by atoms with van der Waals surface area (Å²) in [5.74, 6) is 0.612. The molecule has 0 aliphatic carbocycles. The number of anilines is 1. The Morgan fingerprint density at radius 3 is 2.45 bits per heavy atom. The second-order valence-electron chi connectivity index (χ2n) is 4.06. The largest absolute Gasteiger partial charge is 0.508 e. The van der Waals surface area contributed by atoms with Gasteiger partial charge < -0.3 is 9.84 Å². The van der Waals surface area contributed by atoms with Crippen LogP contribution in [0.2, 0.25) is 0 Å². The molecule has 0 atom stereocenters. The van der Waals surface area contributed by atoms with E-state index in [9.17, 15) is 13.5 Å². The molecule has 0 aliphatic heterocycles. The van der Waals surface area contributed by atoms with E-state index in [-0.39, 0.29) is 10.6 Å². The maximum atomic E-state index is 12.1. The average Bonchev–Trinajstić information content (AvgIpc) is 2.39. The lowest BCUT2D eigenvalue weighted by molar-refractivity contribution is 0.340. The van der Waals surface area contributed by atoms with Crippen molar-refractivity contribution in [2.45, 2.75) is 11.8 Å². The van der Waals surface area contributed by atoms with Crippen LogP contribution in [-0.4, -0.2) is 20.1 Å². The molecule has 2 N–H and O–H groups in total. The lowest BCUT2D eigenvalue weighted by Gasteiger charge is -2.09. The maximum Gasteiger partial charge on any atom is 0.261 e. The van der Waals surface area contributed by atoms with Crippen molar-refractivity contribution in [3.05, 3.63) is 48.5 Å². The van der Waals surface area contributed by atoms with Crippen LogP contribution in [0.25, 0.3) is 0 Å². The minimum absolute atomic E-state index is 0.00288. The number of ether oxygens (including phenoxy) is 1. The van der Waals surface area contributed by atoms with Crippen LogP contribution in [0.4, 0.5) is 5.69 Å². The molecule has 106 valence electrons. The summed E-state index contributed by atoms with van der Waals surface area (Å²) in [6.07, 6.45) is 0. The molecule has 0 unspecified atom stereocenters. The standard InChI is InChI=1S/C14H15NO4S/c1-2-19-13-6-8-14(9-7-13)20(17,18)15-11-4-3-5-12(16)10-11/h3-10,15-16H,2H2,1H3. The van der Waals surface area contributed by atoms with E-state index in [4.69, 9.17) is 4.74 Å². The van der Waals surface area contributed by atoms with E-state index >= 15 is 0 Å². The molecule has 0 spiro atoms. The van der Waals surface area contributed by atoms with E-state index in [1.807, 2.05) is 6.92 Å². The predicted octanol–water partition coefficient (Wildman–Crippen LogP) is 2.59. The molecule has 5 nitrogen and oxygen atoms in total. The summed E-state index contributed by atoms with van der Waals surface area (Å²) < 4.78 is 32.0. The Hall–Kier alpha value is -2.21. The molecule has 2 aromatic carbocycles. The number of nitrogens with one attached hydrogen (secondary N) is 1. The lowest BCUT2D eigenvalue weighted by Crippen LogP contribution is -2.12. The number of aromatic hydroxyl groups is 1. The van der Waals surface area contributed by atoms with Crippen molar-refractivity contribution in [3.8, 4) is 11.5 Å². The van der Waals surface area contributed by atoms with Gasteiger partial charge in [0.2, 0.25) is 0 Å². The molecule has 6 heteroatoms. The molecule has 0 amide bonds. The second-order valence-corrected chi connectivity index (χ2v) is 5.74. The van der Waals surface area contributed by atoms with Gasteiger partial charge in [-0.1, -0.05) is 6.07 Å². The van der Waals surface area contributed by atoms with Crippen molar-refractivity contribution in [1.29, 1.82) is 0 Å². The number of hydrogen-bond acceptors (Lipinski definition) is 4. The van der Waals surface area contributed by atoms with Crippen molar-refractivity contribution in [2.75, 3.05) is 11.3 Å². The zero-order chi connectivity index (χ0) is 14.6. The lowest BCUT2D eigenvalue weighted by atomic mass is 10.3. The van der Waals surface area contributed by atoms with E-state index < -0.39 is 10.0 Å². The van der Waals surface area contributed by atoms with Gasteiger partial charge in [0, 0.05) is 6.07 Å². The van der Waals surface area contributed by atoms with Crippen LogP contribution < -0.4 is 9.46 Å². The number of rotatable bonds is 5. The van der Waals surface area contributed by atoms with Crippen LogP contribution in [-0.2, 0) is 10.0 Å². The van der Waals surface area contributed by atoms with Crippen LogP contribution in [0.15, 0.2) is 53.4 Å². The first-order chi connectivity index (χ1) is 9.51. The van der Waals surface area contributed by atoms with Gasteiger partial charge in [0.25, 0.3) is 10.0 Å². The van der Waals surface area contributed by atoms with Gasteiger partial charge in [-0.3, -0.25) is 4.72 Å². The topological polar surface area (TPSA) is 75.6 Å². The van der Waals surface area contributed by atoms with Crippen molar-refractivity contribution in [2.24, 2.45) is 0 Å². The van der Waals surface area contributed by atoms with Crippen LogP contribution in [0.1, 0.15) is 6.92 Å². The first-order valence-electron chi connectivity index (χ1n) is 6.06. The molecular formula is C14H15NO4S. The van der Waals surface area contributed by atoms with Gasteiger partial charge in [0.1, 0.15) is 11.5 Å². The third-order valence-electron chi connectivity index (χ3n) is 2.54. The van der Waals surface area contributed by atoms with Gasteiger partial charge in [0.15, 0.2) is 0 Å². The first-order valence-corrected chi connectivity index (χ1v) is 7.54. The van der Waals surface area contributed by atoms with Gasteiger partial charge in [0.05, 0.1) is 17.2 Å². The number of sulfonamides is 1. The fourth-order valence-corrected chi connectivity index (χ4v) is 2.71. The average molecular weight is 293 g/mol. The molecule has 0 saturated carbocycles. The Bertz CT molecular complexity index is 681. The number of phenolic OH excluding ortho intramolecular Hbond substituents is 1. The smallest absolute Gasteiger partial charge is 0.261 e. The summed E-state index contributed by atoms with van der Waals surface area (Å²) in [6, 6.07) is 12.1. The molecule has 0 saturated heterocycles. The molecule has 0 fully saturated rings. The van der Waals surface area contributed by atoms with Gasteiger partial charge >= 0.3 is 0 Å². The van der Waals surface area contributed by atoms with E-state index in [0.29, 0.717) is 18.0 Å². The highest BCUT2D eigenvalue weighted by Gasteiger charge is 2.14. The van der Waals surface area contributed by atoms with Crippen molar-refractivity contribution < 1.29 is 18.3 Å². The quantitative estimate of drug-likeness (QED) is 0.888. The van der Waals surface area contributed by atoms with E-state index in [1.54, 1.807) is 24.3 Å². The summed E-state index contributed by atoms with van der Waals surface area (Å²) >= 11 is 0. The van der Waals surface area contributed by atoms with Gasteiger partial charge in [-0.15, -0.1) is 0 Å². The molecule has 2 rings (SSSR count). The normalized spacial score (nSPS) is 11.1. The Balaban J connectivity index is 2.21. The number of phenols is 1. The van der Waals surface area contributed by atoms with E-state index in [2.05, 4.69) is 4.72 Å². The van der Waals surface area contributed by atoms with Crippen LogP contribution in [0, 0.1) is 0 Å². The van der Waals surface area contributed by atoms with E-state index in [0.717, 1.165) is 0 Å². The summed E-state index contributed by atoms with van der Waals surface area (Å²) in [6.45, 7) is 2.38. The summed E-state index contributed by atoms with van der Waals surface area (Å²) in [5.41, 5.74) is 0.305.